The minimum atomic E-state index is -0.268. The summed E-state index contributed by atoms with van der Waals surface area (Å²) in [6, 6.07) is 0. The van der Waals surface area contributed by atoms with Crippen LogP contribution in [0.2, 0.25) is 0 Å². The first-order valence-corrected chi connectivity index (χ1v) is 5.82. The molecule has 0 aromatic rings. The van der Waals surface area contributed by atoms with Crippen LogP contribution in [0, 0.1) is 11.3 Å². The van der Waals surface area contributed by atoms with Gasteiger partial charge in [0.25, 0.3) is 0 Å². The molecule has 0 N–H and O–H groups in total. The Morgan fingerprint density at radius 1 is 1.47 bits per heavy atom. The van der Waals surface area contributed by atoms with Gasteiger partial charge in [0.15, 0.2) is 0 Å². The highest BCUT2D eigenvalue weighted by Crippen LogP contribution is 2.20. The number of hydrogen-bond donors (Lipinski definition) is 0. The maximum Gasteiger partial charge on any atom is 0.227 e. The van der Waals surface area contributed by atoms with E-state index in [0.29, 0.717) is 5.92 Å². The van der Waals surface area contributed by atoms with Crippen LogP contribution in [0.25, 0.3) is 0 Å². The van der Waals surface area contributed by atoms with Gasteiger partial charge in [-0.15, -0.1) is 0 Å². The molecule has 1 fully saturated rings. The zero-order chi connectivity index (χ0) is 11.5. The van der Waals surface area contributed by atoms with E-state index in [0.717, 1.165) is 32.7 Å². The third-order valence-corrected chi connectivity index (χ3v) is 2.81. The number of carbonyl (C=O) groups excluding carboxylic acids is 1. The second kappa shape index (κ2) is 4.97. The SMILES string of the molecule is CCN(C[C@@H]1CCOC1)C(=O)C(C)(C)C. The molecular formula is C12H23NO2. The molecule has 1 aliphatic heterocycles. The van der Waals surface area contributed by atoms with E-state index in [2.05, 4.69) is 0 Å². The van der Waals surface area contributed by atoms with E-state index < -0.39 is 0 Å². The van der Waals surface area contributed by atoms with Crippen LogP contribution in [0.5, 0.6) is 0 Å². The van der Waals surface area contributed by atoms with Gasteiger partial charge in [0, 0.05) is 31.0 Å². The highest BCUT2D eigenvalue weighted by atomic mass is 16.5. The Morgan fingerprint density at radius 3 is 2.53 bits per heavy atom. The van der Waals surface area contributed by atoms with Crippen LogP contribution in [-0.4, -0.2) is 37.1 Å². The van der Waals surface area contributed by atoms with Crippen molar-refractivity contribution < 1.29 is 9.53 Å². The average molecular weight is 213 g/mol. The Kier molecular flexibility index (Phi) is 4.14. The molecule has 0 unspecified atom stereocenters. The van der Waals surface area contributed by atoms with Crippen LogP contribution in [0.4, 0.5) is 0 Å². The maximum atomic E-state index is 12.1. The molecule has 1 amide bonds. The Bertz CT molecular complexity index is 214. The third kappa shape index (κ3) is 3.49. The van der Waals surface area contributed by atoms with E-state index in [1.54, 1.807) is 0 Å². The number of amides is 1. The first kappa shape index (κ1) is 12.5. The summed E-state index contributed by atoms with van der Waals surface area (Å²) in [5, 5.41) is 0. The number of hydrogen-bond acceptors (Lipinski definition) is 2. The average Bonchev–Trinajstić information content (AvgIpc) is 2.64. The standard InChI is InChI=1S/C12H23NO2/c1-5-13(11(14)12(2,3)4)8-10-6-7-15-9-10/h10H,5-9H2,1-4H3/t10-/m0/s1. The van der Waals surface area contributed by atoms with Crippen molar-refractivity contribution in [1.29, 1.82) is 0 Å². The lowest BCUT2D eigenvalue weighted by atomic mass is 9.94. The lowest BCUT2D eigenvalue weighted by Crippen LogP contribution is -2.42. The molecule has 1 atom stereocenters. The molecule has 15 heavy (non-hydrogen) atoms. The van der Waals surface area contributed by atoms with Crippen LogP contribution in [0.3, 0.4) is 0 Å². The topological polar surface area (TPSA) is 29.5 Å². The van der Waals surface area contributed by atoms with Crippen LogP contribution in [0.15, 0.2) is 0 Å². The van der Waals surface area contributed by atoms with Crippen LogP contribution in [-0.2, 0) is 9.53 Å². The zero-order valence-electron chi connectivity index (χ0n) is 10.4. The summed E-state index contributed by atoms with van der Waals surface area (Å²) in [5.41, 5.74) is -0.268. The number of rotatable bonds is 3. The molecule has 0 radical (unpaired) electrons. The van der Waals surface area contributed by atoms with Gasteiger partial charge in [0.05, 0.1) is 6.61 Å². The Morgan fingerprint density at radius 2 is 2.13 bits per heavy atom. The van der Waals surface area contributed by atoms with Gasteiger partial charge in [-0.25, -0.2) is 0 Å². The highest BCUT2D eigenvalue weighted by Gasteiger charge is 2.28. The maximum absolute atomic E-state index is 12.1. The fourth-order valence-corrected chi connectivity index (χ4v) is 1.87. The second-order valence-corrected chi connectivity index (χ2v) is 5.32. The monoisotopic (exact) mass is 213 g/mol. The molecule has 3 nitrogen and oxygen atoms in total. The molecule has 1 saturated heterocycles. The third-order valence-electron chi connectivity index (χ3n) is 2.81. The number of ether oxygens (including phenoxy) is 1. The fourth-order valence-electron chi connectivity index (χ4n) is 1.87. The fraction of sp³-hybridized carbons (Fsp3) is 0.917. The van der Waals surface area contributed by atoms with Crippen molar-refractivity contribution in [2.45, 2.75) is 34.1 Å². The molecule has 0 spiro atoms. The number of nitrogens with zero attached hydrogens (tertiary/aromatic N) is 1. The van der Waals surface area contributed by atoms with Gasteiger partial charge < -0.3 is 9.64 Å². The summed E-state index contributed by atoms with van der Waals surface area (Å²) in [4.78, 5) is 14.0. The van der Waals surface area contributed by atoms with Crippen molar-refractivity contribution in [2.75, 3.05) is 26.3 Å². The van der Waals surface area contributed by atoms with Gasteiger partial charge in [0.2, 0.25) is 5.91 Å². The van der Waals surface area contributed by atoms with E-state index in [4.69, 9.17) is 4.74 Å². The van der Waals surface area contributed by atoms with Crippen molar-refractivity contribution in [3.05, 3.63) is 0 Å². The molecule has 0 aromatic carbocycles. The zero-order valence-corrected chi connectivity index (χ0v) is 10.4. The van der Waals surface area contributed by atoms with Crippen molar-refractivity contribution in [3.63, 3.8) is 0 Å². The van der Waals surface area contributed by atoms with Crippen LogP contribution < -0.4 is 0 Å². The molecule has 3 heteroatoms. The lowest BCUT2D eigenvalue weighted by Gasteiger charge is -2.30. The largest absolute Gasteiger partial charge is 0.381 e. The molecule has 0 bridgehead atoms. The van der Waals surface area contributed by atoms with E-state index in [9.17, 15) is 4.79 Å². The molecule has 1 rings (SSSR count). The minimum absolute atomic E-state index is 0.247. The summed E-state index contributed by atoms with van der Waals surface area (Å²) in [6.07, 6.45) is 1.09. The Balaban J connectivity index is 2.51. The van der Waals surface area contributed by atoms with Gasteiger partial charge in [-0.05, 0) is 13.3 Å². The first-order valence-electron chi connectivity index (χ1n) is 5.82. The van der Waals surface area contributed by atoms with Crippen LogP contribution in [0.1, 0.15) is 34.1 Å². The minimum Gasteiger partial charge on any atom is -0.381 e. The second-order valence-electron chi connectivity index (χ2n) is 5.32. The summed E-state index contributed by atoms with van der Waals surface area (Å²) < 4.78 is 5.33. The van der Waals surface area contributed by atoms with Crippen molar-refractivity contribution in [3.8, 4) is 0 Å². The predicted octanol–water partition coefficient (Wildman–Crippen LogP) is 1.92. The van der Waals surface area contributed by atoms with Crippen LogP contribution >= 0.6 is 0 Å². The first-order chi connectivity index (χ1) is 6.95. The van der Waals surface area contributed by atoms with Gasteiger partial charge in [-0.3, -0.25) is 4.79 Å². The lowest BCUT2D eigenvalue weighted by molar-refractivity contribution is -0.139. The summed E-state index contributed by atoms with van der Waals surface area (Å²) >= 11 is 0. The van der Waals surface area contributed by atoms with Crippen molar-refractivity contribution in [1.82, 2.24) is 4.90 Å². The Labute approximate surface area is 92.8 Å². The highest BCUT2D eigenvalue weighted by molar-refractivity contribution is 5.81. The molecule has 0 saturated carbocycles. The van der Waals surface area contributed by atoms with E-state index >= 15 is 0 Å². The van der Waals surface area contributed by atoms with Crippen molar-refractivity contribution in [2.24, 2.45) is 11.3 Å². The van der Waals surface area contributed by atoms with Gasteiger partial charge in [-0.2, -0.15) is 0 Å². The van der Waals surface area contributed by atoms with Gasteiger partial charge >= 0.3 is 0 Å². The smallest absolute Gasteiger partial charge is 0.227 e. The van der Waals surface area contributed by atoms with Gasteiger partial charge in [-0.1, -0.05) is 20.8 Å². The van der Waals surface area contributed by atoms with E-state index in [1.165, 1.54) is 0 Å². The molecule has 0 aromatic heterocycles. The van der Waals surface area contributed by atoms with E-state index in [1.807, 2.05) is 32.6 Å². The summed E-state index contributed by atoms with van der Waals surface area (Å²) in [6.45, 7) is 11.3. The molecular weight excluding hydrogens is 190 g/mol. The molecule has 1 aliphatic rings. The quantitative estimate of drug-likeness (QED) is 0.717. The predicted molar refractivity (Wildman–Crippen MR) is 60.6 cm³/mol. The molecule has 1 heterocycles. The molecule has 88 valence electrons. The Hall–Kier alpha value is -0.570. The van der Waals surface area contributed by atoms with Crippen molar-refractivity contribution >= 4 is 5.91 Å². The molecule has 0 aliphatic carbocycles. The van der Waals surface area contributed by atoms with Gasteiger partial charge in [0.1, 0.15) is 0 Å². The summed E-state index contributed by atoms with van der Waals surface area (Å²) in [7, 11) is 0. The summed E-state index contributed by atoms with van der Waals surface area (Å²) in [5.74, 6) is 0.785. The number of carbonyl (C=O) groups is 1. The normalized spacial score (nSPS) is 21.7. The van der Waals surface area contributed by atoms with E-state index in [-0.39, 0.29) is 11.3 Å².